The summed E-state index contributed by atoms with van der Waals surface area (Å²) < 4.78 is 5.17. The smallest absolute Gasteiger partial charge is 0.317 e. The van der Waals surface area contributed by atoms with Crippen LogP contribution in [-0.2, 0) is 11.3 Å². The normalized spacial score (nSPS) is 11.0. The van der Waals surface area contributed by atoms with Gasteiger partial charge in [0, 0.05) is 19.6 Å². The summed E-state index contributed by atoms with van der Waals surface area (Å²) in [7, 11) is 5.58. The molecule has 0 bridgehead atoms. The monoisotopic (exact) mass is 266 g/mol. The van der Waals surface area contributed by atoms with Gasteiger partial charge >= 0.3 is 5.97 Å². The molecule has 0 aliphatic heterocycles. The molecule has 0 saturated heterocycles. The molecule has 19 heavy (non-hydrogen) atoms. The van der Waals surface area contributed by atoms with Gasteiger partial charge in [-0.2, -0.15) is 0 Å². The summed E-state index contributed by atoms with van der Waals surface area (Å²) in [5.74, 6) is -0.0120. The van der Waals surface area contributed by atoms with Crippen molar-refractivity contribution >= 4 is 5.97 Å². The predicted octanol–water partition coefficient (Wildman–Crippen LogP) is 1.14. The number of carbonyl (C=O) groups is 1. The van der Waals surface area contributed by atoms with Crippen molar-refractivity contribution < 1.29 is 14.6 Å². The van der Waals surface area contributed by atoms with Crippen LogP contribution in [0.1, 0.15) is 5.56 Å². The molecule has 106 valence electrons. The third kappa shape index (κ3) is 6.22. The second-order valence-electron chi connectivity index (χ2n) is 4.76. The van der Waals surface area contributed by atoms with E-state index in [0.717, 1.165) is 24.4 Å². The van der Waals surface area contributed by atoms with E-state index >= 15 is 0 Å². The number of methoxy groups -OCH3 is 1. The van der Waals surface area contributed by atoms with E-state index in [-0.39, 0.29) is 6.54 Å². The highest BCUT2D eigenvalue weighted by Crippen LogP contribution is 2.14. The summed E-state index contributed by atoms with van der Waals surface area (Å²) in [6.45, 7) is 2.20. The zero-order chi connectivity index (χ0) is 14.3. The van der Waals surface area contributed by atoms with Crippen molar-refractivity contribution in [2.24, 2.45) is 0 Å². The third-order valence-corrected chi connectivity index (χ3v) is 2.76. The van der Waals surface area contributed by atoms with Crippen LogP contribution in [0.2, 0.25) is 0 Å². The highest BCUT2D eigenvalue weighted by molar-refractivity contribution is 5.69. The average molecular weight is 266 g/mol. The Labute approximate surface area is 114 Å². The van der Waals surface area contributed by atoms with Gasteiger partial charge in [0.05, 0.1) is 13.7 Å². The molecule has 1 aromatic rings. The van der Waals surface area contributed by atoms with Gasteiger partial charge in [-0.25, -0.2) is 0 Å². The first-order chi connectivity index (χ1) is 9.01. The molecule has 0 saturated carbocycles. The summed E-state index contributed by atoms with van der Waals surface area (Å²) in [6, 6.07) is 7.71. The van der Waals surface area contributed by atoms with Crippen molar-refractivity contribution in [2.75, 3.05) is 40.8 Å². The number of hydrogen-bond donors (Lipinski definition) is 1. The molecule has 0 fully saturated rings. The number of aliphatic carboxylic acids is 1. The number of benzene rings is 1. The summed E-state index contributed by atoms with van der Waals surface area (Å²) in [4.78, 5) is 14.8. The Morgan fingerprint density at radius 3 is 2.63 bits per heavy atom. The van der Waals surface area contributed by atoms with Crippen molar-refractivity contribution in [1.82, 2.24) is 9.80 Å². The third-order valence-electron chi connectivity index (χ3n) is 2.76. The van der Waals surface area contributed by atoms with Crippen LogP contribution in [0.4, 0.5) is 0 Å². The quantitative estimate of drug-likeness (QED) is 0.765. The summed E-state index contributed by atoms with van der Waals surface area (Å²) in [5.41, 5.74) is 1.05. The molecule has 5 nitrogen and oxygen atoms in total. The minimum Gasteiger partial charge on any atom is -0.497 e. The Bertz CT molecular complexity index is 407. The molecule has 0 aliphatic rings. The highest BCUT2D eigenvalue weighted by Gasteiger charge is 2.11. The number of rotatable bonds is 8. The van der Waals surface area contributed by atoms with Crippen LogP contribution in [0.3, 0.4) is 0 Å². The van der Waals surface area contributed by atoms with Crippen LogP contribution < -0.4 is 4.74 Å². The highest BCUT2D eigenvalue weighted by atomic mass is 16.5. The molecule has 0 atom stereocenters. The number of carboxylic acids is 1. The van der Waals surface area contributed by atoms with Gasteiger partial charge < -0.3 is 14.7 Å². The van der Waals surface area contributed by atoms with E-state index in [2.05, 4.69) is 0 Å². The maximum absolute atomic E-state index is 10.9. The Hall–Kier alpha value is -1.59. The van der Waals surface area contributed by atoms with Crippen molar-refractivity contribution in [3.05, 3.63) is 29.8 Å². The fourth-order valence-electron chi connectivity index (χ4n) is 1.78. The molecule has 0 amide bonds. The van der Waals surface area contributed by atoms with E-state index in [4.69, 9.17) is 9.84 Å². The van der Waals surface area contributed by atoms with E-state index in [1.807, 2.05) is 48.2 Å². The van der Waals surface area contributed by atoms with Crippen LogP contribution in [0.25, 0.3) is 0 Å². The van der Waals surface area contributed by atoms with Gasteiger partial charge in [-0.15, -0.1) is 0 Å². The molecule has 0 spiro atoms. The molecule has 1 aromatic carbocycles. The van der Waals surface area contributed by atoms with Crippen molar-refractivity contribution in [1.29, 1.82) is 0 Å². The van der Waals surface area contributed by atoms with E-state index in [0.29, 0.717) is 6.54 Å². The Balaban J connectivity index is 2.66. The van der Waals surface area contributed by atoms with Crippen molar-refractivity contribution in [3.63, 3.8) is 0 Å². The van der Waals surface area contributed by atoms with E-state index in [9.17, 15) is 4.79 Å². The number of hydrogen-bond acceptors (Lipinski definition) is 4. The maximum atomic E-state index is 10.9. The number of ether oxygens (including phenoxy) is 1. The largest absolute Gasteiger partial charge is 0.497 e. The van der Waals surface area contributed by atoms with E-state index < -0.39 is 5.97 Å². The second kappa shape index (κ2) is 7.76. The Morgan fingerprint density at radius 1 is 1.32 bits per heavy atom. The van der Waals surface area contributed by atoms with Gasteiger partial charge in [0.2, 0.25) is 0 Å². The Kier molecular flexibility index (Phi) is 6.32. The molecule has 0 heterocycles. The van der Waals surface area contributed by atoms with Crippen molar-refractivity contribution in [3.8, 4) is 5.75 Å². The molecule has 5 heteroatoms. The second-order valence-corrected chi connectivity index (χ2v) is 4.76. The fourth-order valence-corrected chi connectivity index (χ4v) is 1.78. The van der Waals surface area contributed by atoms with E-state index in [1.165, 1.54) is 0 Å². The molecule has 0 unspecified atom stereocenters. The topological polar surface area (TPSA) is 53.0 Å². The summed E-state index contributed by atoms with van der Waals surface area (Å²) in [5, 5.41) is 8.95. The summed E-state index contributed by atoms with van der Waals surface area (Å²) in [6.07, 6.45) is 0. The predicted molar refractivity (Wildman–Crippen MR) is 74.5 cm³/mol. The maximum Gasteiger partial charge on any atom is 0.317 e. The molecule has 1 rings (SSSR count). The van der Waals surface area contributed by atoms with Crippen LogP contribution in [-0.4, -0.2) is 61.7 Å². The number of carboxylic acid groups (broad SMARTS) is 1. The van der Waals surface area contributed by atoms with Gasteiger partial charge in [-0.3, -0.25) is 9.69 Å². The minimum absolute atomic E-state index is 0.0467. The minimum atomic E-state index is -0.804. The first-order valence-corrected chi connectivity index (χ1v) is 6.23. The number of nitrogens with zero attached hydrogens (tertiary/aromatic N) is 2. The lowest BCUT2D eigenvalue weighted by atomic mass is 10.2. The zero-order valence-electron chi connectivity index (χ0n) is 11.8. The van der Waals surface area contributed by atoms with Gasteiger partial charge in [-0.05, 0) is 31.8 Å². The lowest BCUT2D eigenvalue weighted by molar-refractivity contribution is -0.138. The van der Waals surface area contributed by atoms with Gasteiger partial charge in [0.15, 0.2) is 0 Å². The van der Waals surface area contributed by atoms with Gasteiger partial charge in [0.25, 0.3) is 0 Å². The standard InChI is InChI=1S/C14H22N2O3/c1-15(2)7-8-16(11-14(17)18)10-12-5-4-6-13(9-12)19-3/h4-6,9H,7-8,10-11H2,1-3H3,(H,17,18). The Morgan fingerprint density at radius 2 is 2.05 bits per heavy atom. The summed E-state index contributed by atoms with van der Waals surface area (Å²) >= 11 is 0. The zero-order valence-corrected chi connectivity index (χ0v) is 11.8. The van der Waals surface area contributed by atoms with Crippen molar-refractivity contribution in [2.45, 2.75) is 6.54 Å². The fraction of sp³-hybridized carbons (Fsp3) is 0.500. The molecule has 0 aromatic heterocycles. The van der Waals surface area contributed by atoms with E-state index in [1.54, 1.807) is 7.11 Å². The SMILES string of the molecule is COc1cccc(CN(CCN(C)C)CC(=O)O)c1. The number of likely N-dealkylation sites (N-methyl/N-ethyl adjacent to an activating group) is 1. The lowest BCUT2D eigenvalue weighted by Gasteiger charge is -2.22. The first kappa shape index (κ1) is 15.5. The van der Waals surface area contributed by atoms with Crippen LogP contribution >= 0.6 is 0 Å². The van der Waals surface area contributed by atoms with Gasteiger partial charge in [-0.1, -0.05) is 12.1 Å². The van der Waals surface area contributed by atoms with Gasteiger partial charge in [0.1, 0.15) is 5.75 Å². The van der Waals surface area contributed by atoms with Crippen LogP contribution in [0.15, 0.2) is 24.3 Å². The molecule has 0 aliphatic carbocycles. The molecular weight excluding hydrogens is 244 g/mol. The van der Waals surface area contributed by atoms with Crippen LogP contribution in [0.5, 0.6) is 5.75 Å². The molecular formula is C14H22N2O3. The molecule has 1 N–H and O–H groups in total. The first-order valence-electron chi connectivity index (χ1n) is 6.23. The average Bonchev–Trinajstić information content (AvgIpc) is 2.35. The molecule has 0 radical (unpaired) electrons. The lowest BCUT2D eigenvalue weighted by Crippen LogP contribution is -2.35. The van der Waals surface area contributed by atoms with Crippen LogP contribution in [0, 0.1) is 0 Å².